The summed E-state index contributed by atoms with van der Waals surface area (Å²) >= 11 is 1.66. The molecule has 4 rings (SSSR count). The molecule has 3 N–H and O–H groups in total. The molecule has 34 heavy (non-hydrogen) atoms. The van der Waals surface area contributed by atoms with Crippen LogP contribution in [0.2, 0.25) is 0 Å². The Morgan fingerprint density at radius 3 is 2.44 bits per heavy atom. The van der Waals surface area contributed by atoms with Crippen LogP contribution in [-0.2, 0) is 30.7 Å². The Balaban J connectivity index is 0.000000406. The maximum Gasteiger partial charge on any atom is 0.490 e. The molecule has 1 amide bonds. The molecule has 1 aliphatic carbocycles. The lowest BCUT2D eigenvalue weighted by Crippen LogP contribution is -2.22. The van der Waals surface area contributed by atoms with Crippen molar-refractivity contribution in [3.05, 3.63) is 62.0 Å². The summed E-state index contributed by atoms with van der Waals surface area (Å²) in [4.78, 5) is 45.0. The minimum Gasteiger partial charge on any atom is -0.475 e. The van der Waals surface area contributed by atoms with Gasteiger partial charge in [-0.2, -0.15) is 13.2 Å². The number of nitrogens with one attached hydrogen (secondary N) is 2. The highest BCUT2D eigenvalue weighted by atomic mass is 32.1. The zero-order valence-electron chi connectivity index (χ0n) is 18.5. The highest BCUT2D eigenvalue weighted by Crippen LogP contribution is 2.34. The number of carbonyl (C=O) groups is 2. The van der Waals surface area contributed by atoms with E-state index in [1.165, 1.54) is 10.4 Å². The van der Waals surface area contributed by atoms with Gasteiger partial charge in [-0.25, -0.2) is 9.78 Å². The molecule has 1 aliphatic rings. The first kappa shape index (κ1) is 25.4. The standard InChI is InChI=1S/C20H22N4O2S.C2HF3O2/c1-21-18(25)13-8-6-12(7-9-13)10-24(2)11-16-22-19(26)17-14-4-3-5-15(14)27-20(17)23-16;3-2(4,5)1(6)7/h6-9H,3-5,10-11H2,1-2H3,(H,21,25)(H,22,23,26);(H,6,7). The van der Waals surface area contributed by atoms with Gasteiger partial charge in [0.05, 0.1) is 11.9 Å². The van der Waals surface area contributed by atoms with Crippen molar-refractivity contribution >= 4 is 33.4 Å². The first-order valence-electron chi connectivity index (χ1n) is 10.3. The monoisotopic (exact) mass is 496 g/mol. The molecular weight excluding hydrogens is 473 g/mol. The Morgan fingerprint density at radius 1 is 1.21 bits per heavy atom. The summed E-state index contributed by atoms with van der Waals surface area (Å²) in [5, 5.41) is 10.5. The SMILES string of the molecule is CNC(=O)c1ccc(CN(C)Cc2nc3sc4c(c3c(=O)[nH]2)CCC4)cc1.O=C(O)C(F)(F)F. The lowest BCUT2D eigenvalue weighted by Gasteiger charge is -2.16. The fourth-order valence-corrected chi connectivity index (χ4v) is 4.93. The van der Waals surface area contributed by atoms with Crippen molar-refractivity contribution < 1.29 is 27.9 Å². The molecule has 0 bridgehead atoms. The smallest absolute Gasteiger partial charge is 0.475 e. The van der Waals surface area contributed by atoms with Crippen LogP contribution in [0.1, 0.15) is 38.6 Å². The highest BCUT2D eigenvalue weighted by Gasteiger charge is 2.38. The van der Waals surface area contributed by atoms with Gasteiger partial charge in [0.15, 0.2) is 0 Å². The molecule has 12 heteroatoms. The Hall–Kier alpha value is -3.25. The van der Waals surface area contributed by atoms with Crippen molar-refractivity contribution in [2.45, 2.75) is 38.5 Å². The Bertz CT molecular complexity index is 1250. The minimum atomic E-state index is -5.08. The van der Waals surface area contributed by atoms with E-state index >= 15 is 0 Å². The second-order valence-electron chi connectivity index (χ2n) is 7.80. The van der Waals surface area contributed by atoms with Gasteiger partial charge in [0, 0.05) is 24.0 Å². The summed E-state index contributed by atoms with van der Waals surface area (Å²) < 4.78 is 31.7. The van der Waals surface area contributed by atoms with Gasteiger partial charge < -0.3 is 15.4 Å². The number of amides is 1. The van der Waals surface area contributed by atoms with Gasteiger partial charge in [-0.1, -0.05) is 12.1 Å². The number of nitrogens with zero attached hydrogens (tertiary/aromatic N) is 2. The summed E-state index contributed by atoms with van der Waals surface area (Å²) in [7, 11) is 3.61. The van der Waals surface area contributed by atoms with Crippen LogP contribution in [0.4, 0.5) is 13.2 Å². The van der Waals surface area contributed by atoms with Crippen molar-refractivity contribution in [3.63, 3.8) is 0 Å². The van der Waals surface area contributed by atoms with E-state index in [1.54, 1.807) is 18.4 Å². The lowest BCUT2D eigenvalue weighted by atomic mass is 10.1. The number of aliphatic carboxylic acids is 1. The maximum absolute atomic E-state index is 12.5. The number of carboxylic acid groups (broad SMARTS) is 1. The van der Waals surface area contributed by atoms with Crippen LogP contribution in [0.5, 0.6) is 0 Å². The van der Waals surface area contributed by atoms with Gasteiger partial charge in [0.1, 0.15) is 10.7 Å². The molecule has 0 fully saturated rings. The van der Waals surface area contributed by atoms with Gasteiger partial charge in [-0.15, -0.1) is 11.3 Å². The van der Waals surface area contributed by atoms with Crippen LogP contribution in [0.3, 0.4) is 0 Å². The van der Waals surface area contributed by atoms with Crippen molar-refractivity contribution in [2.24, 2.45) is 0 Å². The number of aryl methyl sites for hydroxylation is 2. The molecule has 1 aromatic carbocycles. The molecule has 0 atom stereocenters. The second-order valence-corrected chi connectivity index (χ2v) is 8.88. The van der Waals surface area contributed by atoms with Crippen LogP contribution in [0, 0.1) is 0 Å². The van der Waals surface area contributed by atoms with Crippen LogP contribution in [-0.4, -0.2) is 52.1 Å². The highest BCUT2D eigenvalue weighted by molar-refractivity contribution is 7.18. The normalized spacial score (nSPS) is 12.9. The molecule has 2 heterocycles. The van der Waals surface area contributed by atoms with Gasteiger partial charge in [0.25, 0.3) is 11.5 Å². The van der Waals surface area contributed by atoms with Gasteiger partial charge in [-0.05, 0) is 49.6 Å². The first-order valence-corrected chi connectivity index (χ1v) is 11.1. The van der Waals surface area contributed by atoms with E-state index in [0.29, 0.717) is 24.5 Å². The maximum atomic E-state index is 12.5. The summed E-state index contributed by atoms with van der Waals surface area (Å²) in [6, 6.07) is 7.54. The van der Waals surface area contributed by atoms with E-state index in [2.05, 4.69) is 15.2 Å². The third-order valence-electron chi connectivity index (χ3n) is 5.18. The number of H-pyrrole nitrogens is 1. The van der Waals surface area contributed by atoms with Crippen LogP contribution >= 0.6 is 11.3 Å². The molecule has 8 nitrogen and oxygen atoms in total. The van der Waals surface area contributed by atoms with E-state index in [1.807, 2.05) is 31.3 Å². The molecule has 182 valence electrons. The number of hydrogen-bond donors (Lipinski definition) is 3. The van der Waals surface area contributed by atoms with E-state index in [0.717, 1.165) is 35.0 Å². The third kappa shape index (κ3) is 6.00. The summed E-state index contributed by atoms with van der Waals surface area (Å²) in [5.41, 5.74) is 2.94. The fourth-order valence-electron chi connectivity index (χ4n) is 3.65. The molecule has 3 aromatic rings. The zero-order chi connectivity index (χ0) is 25.0. The molecule has 0 aliphatic heterocycles. The van der Waals surface area contributed by atoms with Crippen molar-refractivity contribution in [1.82, 2.24) is 20.2 Å². The Morgan fingerprint density at radius 2 is 1.85 bits per heavy atom. The number of aromatic nitrogens is 2. The number of carbonyl (C=O) groups excluding carboxylic acids is 1. The molecule has 0 unspecified atom stereocenters. The van der Waals surface area contributed by atoms with E-state index < -0.39 is 12.1 Å². The second kappa shape index (κ2) is 10.3. The van der Waals surface area contributed by atoms with Gasteiger partial charge in [0.2, 0.25) is 0 Å². The largest absolute Gasteiger partial charge is 0.490 e. The average molecular weight is 497 g/mol. The summed E-state index contributed by atoms with van der Waals surface area (Å²) in [6.07, 6.45) is -1.89. The molecule has 2 aromatic heterocycles. The predicted molar refractivity (Wildman–Crippen MR) is 121 cm³/mol. The fraction of sp³-hybridized carbons (Fsp3) is 0.364. The number of hydrogen-bond acceptors (Lipinski definition) is 6. The number of benzene rings is 1. The molecule has 0 radical (unpaired) electrons. The van der Waals surface area contributed by atoms with Crippen LogP contribution < -0.4 is 10.9 Å². The van der Waals surface area contributed by atoms with Crippen molar-refractivity contribution in [2.75, 3.05) is 14.1 Å². The summed E-state index contributed by atoms with van der Waals surface area (Å²) in [6.45, 7) is 1.27. The number of alkyl halides is 3. The van der Waals surface area contributed by atoms with Crippen LogP contribution in [0.15, 0.2) is 29.1 Å². The quantitative estimate of drug-likeness (QED) is 0.500. The molecule has 0 spiro atoms. The Labute approximate surface area is 196 Å². The average Bonchev–Trinajstić information content (AvgIpc) is 3.34. The number of thiophene rings is 1. The topological polar surface area (TPSA) is 115 Å². The van der Waals surface area contributed by atoms with E-state index in [-0.39, 0.29) is 11.5 Å². The van der Waals surface area contributed by atoms with Crippen molar-refractivity contribution in [3.8, 4) is 0 Å². The summed E-state index contributed by atoms with van der Waals surface area (Å²) in [5.74, 6) is -2.16. The lowest BCUT2D eigenvalue weighted by molar-refractivity contribution is -0.192. The van der Waals surface area contributed by atoms with Gasteiger partial charge >= 0.3 is 12.1 Å². The first-order chi connectivity index (χ1) is 16.0. The molecule has 0 saturated heterocycles. The van der Waals surface area contributed by atoms with Crippen LogP contribution in [0.25, 0.3) is 10.2 Å². The van der Waals surface area contributed by atoms with Gasteiger partial charge in [-0.3, -0.25) is 14.5 Å². The van der Waals surface area contributed by atoms with E-state index in [4.69, 9.17) is 14.9 Å². The predicted octanol–water partition coefficient (Wildman–Crippen LogP) is 3.10. The molecular formula is C22H23F3N4O4S. The zero-order valence-corrected chi connectivity index (χ0v) is 19.3. The van der Waals surface area contributed by atoms with E-state index in [9.17, 15) is 22.8 Å². The number of fused-ring (bicyclic) bond motifs is 3. The van der Waals surface area contributed by atoms with Crippen molar-refractivity contribution in [1.29, 1.82) is 0 Å². The number of carboxylic acids is 1. The number of aromatic amines is 1. The number of halogens is 3. The number of rotatable bonds is 5. The minimum absolute atomic E-state index is 0.0160. The molecule has 0 saturated carbocycles. The third-order valence-corrected chi connectivity index (χ3v) is 6.37. The Kier molecular flexibility index (Phi) is 7.72.